The van der Waals surface area contributed by atoms with E-state index in [0.29, 0.717) is 18.3 Å². The molecule has 0 bridgehead atoms. The SMILES string of the molecule is CCS(=O)(=O)CCNc1cc(C2CC(N)C2)ncn1.Cl.Cl. The van der Waals surface area contributed by atoms with E-state index in [1.54, 1.807) is 6.92 Å². The molecule has 1 aliphatic rings. The summed E-state index contributed by atoms with van der Waals surface area (Å²) in [5.41, 5.74) is 6.75. The van der Waals surface area contributed by atoms with Crippen molar-refractivity contribution in [2.75, 3.05) is 23.4 Å². The lowest BCUT2D eigenvalue weighted by molar-refractivity contribution is 0.345. The maximum Gasteiger partial charge on any atom is 0.151 e. The molecule has 6 nitrogen and oxygen atoms in total. The van der Waals surface area contributed by atoms with Gasteiger partial charge in [0.25, 0.3) is 0 Å². The lowest BCUT2D eigenvalue weighted by Crippen LogP contribution is -2.35. The quantitative estimate of drug-likeness (QED) is 0.798. The lowest BCUT2D eigenvalue weighted by atomic mass is 9.79. The fraction of sp³-hybridized carbons (Fsp3) is 0.667. The monoisotopic (exact) mass is 356 g/mol. The first-order chi connectivity index (χ1) is 9.00. The molecular formula is C12H22Cl2N4O2S. The normalized spacial score (nSPS) is 20.7. The maximum atomic E-state index is 11.4. The summed E-state index contributed by atoms with van der Waals surface area (Å²) in [4.78, 5) is 8.34. The van der Waals surface area contributed by atoms with Crippen LogP contribution in [0.3, 0.4) is 0 Å². The molecule has 1 fully saturated rings. The maximum absolute atomic E-state index is 11.4. The summed E-state index contributed by atoms with van der Waals surface area (Å²) in [5, 5.41) is 3.03. The molecule has 1 heterocycles. The number of nitrogens with zero attached hydrogens (tertiary/aromatic N) is 2. The topological polar surface area (TPSA) is 98.0 Å². The molecular weight excluding hydrogens is 335 g/mol. The van der Waals surface area contributed by atoms with Gasteiger partial charge in [0.15, 0.2) is 9.84 Å². The third-order valence-corrected chi connectivity index (χ3v) is 5.15. The summed E-state index contributed by atoms with van der Waals surface area (Å²) in [6.07, 6.45) is 3.43. The van der Waals surface area contributed by atoms with Gasteiger partial charge in [0.1, 0.15) is 12.1 Å². The Labute approximate surface area is 138 Å². The van der Waals surface area contributed by atoms with Crippen molar-refractivity contribution in [3.8, 4) is 0 Å². The summed E-state index contributed by atoms with van der Waals surface area (Å²) >= 11 is 0. The lowest BCUT2D eigenvalue weighted by Gasteiger charge is -2.31. The second kappa shape index (κ2) is 8.73. The molecule has 122 valence electrons. The minimum atomic E-state index is -2.94. The Bertz CT molecular complexity index is 536. The smallest absolute Gasteiger partial charge is 0.151 e. The van der Waals surface area contributed by atoms with Gasteiger partial charge in [-0.05, 0) is 12.8 Å². The molecule has 21 heavy (non-hydrogen) atoms. The number of nitrogens with two attached hydrogens (primary N) is 1. The molecule has 0 unspecified atom stereocenters. The average Bonchev–Trinajstić information content (AvgIpc) is 2.35. The zero-order chi connectivity index (χ0) is 13.9. The van der Waals surface area contributed by atoms with Gasteiger partial charge in [-0.15, -0.1) is 24.8 Å². The molecule has 0 radical (unpaired) electrons. The minimum Gasteiger partial charge on any atom is -0.369 e. The van der Waals surface area contributed by atoms with E-state index < -0.39 is 9.84 Å². The van der Waals surface area contributed by atoms with Crippen LogP contribution >= 0.6 is 24.8 Å². The van der Waals surface area contributed by atoms with Crippen molar-refractivity contribution >= 4 is 40.5 Å². The van der Waals surface area contributed by atoms with Crippen molar-refractivity contribution in [3.63, 3.8) is 0 Å². The number of hydrogen-bond acceptors (Lipinski definition) is 6. The van der Waals surface area contributed by atoms with Gasteiger partial charge in [-0.2, -0.15) is 0 Å². The van der Waals surface area contributed by atoms with Crippen LogP contribution in [0.15, 0.2) is 12.4 Å². The number of halogens is 2. The van der Waals surface area contributed by atoms with Crippen LogP contribution in [0.5, 0.6) is 0 Å². The van der Waals surface area contributed by atoms with Crippen LogP contribution in [0.25, 0.3) is 0 Å². The average molecular weight is 357 g/mol. The van der Waals surface area contributed by atoms with Crippen molar-refractivity contribution in [1.82, 2.24) is 9.97 Å². The number of aromatic nitrogens is 2. The van der Waals surface area contributed by atoms with Crippen LogP contribution in [0.1, 0.15) is 31.4 Å². The molecule has 2 rings (SSSR count). The van der Waals surface area contributed by atoms with Crippen molar-refractivity contribution in [1.29, 1.82) is 0 Å². The first-order valence-corrected chi connectivity index (χ1v) is 8.34. The fourth-order valence-corrected chi connectivity index (χ4v) is 2.78. The molecule has 0 saturated heterocycles. The molecule has 0 aliphatic heterocycles. The van der Waals surface area contributed by atoms with E-state index in [0.717, 1.165) is 18.5 Å². The van der Waals surface area contributed by atoms with E-state index in [1.807, 2.05) is 6.07 Å². The second-order valence-corrected chi connectivity index (χ2v) is 7.39. The summed E-state index contributed by atoms with van der Waals surface area (Å²) < 4.78 is 22.7. The zero-order valence-electron chi connectivity index (χ0n) is 11.9. The fourth-order valence-electron chi connectivity index (χ4n) is 2.07. The van der Waals surface area contributed by atoms with Gasteiger partial charge in [0, 0.05) is 36.0 Å². The summed E-state index contributed by atoms with van der Waals surface area (Å²) in [6, 6.07) is 2.17. The summed E-state index contributed by atoms with van der Waals surface area (Å²) in [6.45, 7) is 2.02. The molecule has 0 atom stereocenters. The van der Waals surface area contributed by atoms with Gasteiger partial charge in [0.2, 0.25) is 0 Å². The van der Waals surface area contributed by atoms with E-state index in [4.69, 9.17) is 5.73 Å². The van der Waals surface area contributed by atoms with Crippen molar-refractivity contribution in [3.05, 3.63) is 18.1 Å². The molecule has 1 aliphatic carbocycles. The third-order valence-electron chi connectivity index (χ3n) is 3.44. The Kier molecular flexibility index (Phi) is 8.46. The molecule has 9 heteroatoms. The number of nitrogens with one attached hydrogen (secondary N) is 1. The van der Waals surface area contributed by atoms with E-state index >= 15 is 0 Å². The zero-order valence-corrected chi connectivity index (χ0v) is 14.3. The molecule has 1 aromatic heterocycles. The summed E-state index contributed by atoms with van der Waals surface area (Å²) in [5.74, 6) is 1.38. The van der Waals surface area contributed by atoms with E-state index in [9.17, 15) is 8.42 Å². The largest absolute Gasteiger partial charge is 0.369 e. The predicted molar refractivity (Wildman–Crippen MR) is 89.3 cm³/mol. The molecule has 0 spiro atoms. The van der Waals surface area contributed by atoms with Gasteiger partial charge in [-0.25, -0.2) is 18.4 Å². The molecule has 1 saturated carbocycles. The van der Waals surface area contributed by atoms with Crippen LogP contribution in [-0.4, -0.2) is 42.5 Å². The van der Waals surface area contributed by atoms with Gasteiger partial charge in [-0.3, -0.25) is 0 Å². The van der Waals surface area contributed by atoms with Crippen LogP contribution < -0.4 is 11.1 Å². The van der Waals surface area contributed by atoms with E-state index in [1.165, 1.54) is 6.33 Å². The number of sulfone groups is 1. The van der Waals surface area contributed by atoms with E-state index in [2.05, 4.69) is 15.3 Å². The molecule has 3 N–H and O–H groups in total. The standard InChI is InChI=1S/C12H20N4O2S.2ClH/c1-2-19(17,18)4-3-14-12-7-11(15-8-16-12)9-5-10(13)6-9;;/h7-10H,2-6,13H2,1H3,(H,14,15,16);2*1H. The van der Waals surface area contributed by atoms with Crippen molar-refractivity contribution < 1.29 is 8.42 Å². The highest BCUT2D eigenvalue weighted by Crippen LogP contribution is 2.34. The van der Waals surface area contributed by atoms with Crippen LogP contribution in [-0.2, 0) is 9.84 Å². The molecule has 1 aromatic rings. The Morgan fingerprint density at radius 3 is 2.57 bits per heavy atom. The Morgan fingerprint density at radius 2 is 2.00 bits per heavy atom. The van der Waals surface area contributed by atoms with Crippen molar-refractivity contribution in [2.45, 2.75) is 31.7 Å². The van der Waals surface area contributed by atoms with Crippen LogP contribution in [0.2, 0.25) is 0 Å². The third kappa shape index (κ3) is 5.94. The molecule has 0 amide bonds. The van der Waals surface area contributed by atoms with Gasteiger partial charge in [-0.1, -0.05) is 6.92 Å². The van der Waals surface area contributed by atoms with Crippen LogP contribution in [0.4, 0.5) is 5.82 Å². The Balaban J connectivity index is 0.00000200. The highest BCUT2D eigenvalue weighted by atomic mass is 35.5. The number of hydrogen-bond donors (Lipinski definition) is 2. The van der Waals surface area contributed by atoms with Crippen LogP contribution in [0, 0.1) is 0 Å². The highest BCUT2D eigenvalue weighted by Gasteiger charge is 2.28. The number of anilines is 1. The second-order valence-electron chi connectivity index (χ2n) is 4.92. The predicted octanol–water partition coefficient (Wildman–Crippen LogP) is 1.37. The molecule has 0 aromatic carbocycles. The van der Waals surface area contributed by atoms with Gasteiger partial charge >= 0.3 is 0 Å². The van der Waals surface area contributed by atoms with Crippen molar-refractivity contribution in [2.24, 2.45) is 5.73 Å². The number of rotatable bonds is 6. The Morgan fingerprint density at radius 1 is 1.33 bits per heavy atom. The summed E-state index contributed by atoms with van der Waals surface area (Å²) in [7, 11) is -2.94. The Hall–Kier alpha value is -0.630. The van der Waals surface area contributed by atoms with Gasteiger partial charge < -0.3 is 11.1 Å². The first kappa shape index (κ1) is 20.4. The van der Waals surface area contributed by atoms with E-state index in [-0.39, 0.29) is 42.4 Å². The first-order valence-electron chi connectivity index (χ1n) is 6.52. The van der Waals surface area contributed by atoms with Gasteiger partial charge in [0.05, 0.1) is 5.75 Å². The highest BCUT2D eigenvalue weighted by molar-refractivity contribution is 7.91. The minimum absolute atomic E-state index is 0.